The van der Waals surface area contributed by atoms with Crippen LogP contribution in [-0.4, -0.2) is 45.3 Å². The number of methoxy groups -OCH3 is 1. The van der Waals surface area contributed by atoms with Crippen LogP contribution >= 0.6 is 0 Å². The van der Waals surface area contributed by atoms with Gasteiger partial charge in [0.05, 0.1) is 7.11 Å². The van der Waals surface area contributed by atoms with E-state index in [1.165, 1.54) is 0 Å². The van der Waals surface area contributed by atoms with Crippen LogP contribution < -0.4 is 10.3 Å². The van der Waals surface area contributed by atoms with Gasteiger partial charge in [-0.2, -0.15) is 5.10 Å². The van der Waals surface area contributed by atoms with Gasteiger partial charge in [0.25, 0.3) is 5.56 Å². The summed E-state index contributed by atoms with van der Waals surface area (Å²) in [5.41, 5.74) is 1.57. The molecule has 1 atom stereocenters. The Labute approximate surface area is 138 Å². The highest BCUT2D eigenvalue weighted by Gasteiger charge is 2.26. The van der Waals surface area contributed by atoms with Crippen molar-refractivity contribution >= 4 is 10.9 Å². The molecule has 1 aliphatic rings. The molecule has 7 nitrogen and oxygen atoms in total. The van der Waals surface area contributed by atoms with Crippen LogP contribution in [-0.2, 0) is 6.54 Å². The Bertz CT molecular complexity index is 903. The number of rotatable bonds is 4. The zero-order valence-electron chi connectivity index (χ0n) is 13.5. The number of H-pyrrole nitrogens is 2. The maximum absolute atomic E-state index is 12.3. The highest BCUT2D eigenvalue weighted by molar-refractivity contribution is 5.80. The van der Waals surface area contributed by atoms with Crippen LogP contribution in [0.4, 0.5) is 0 Å². The molecule has 4 rings (SSSR count). The molecule has 1 aromatic carbocycles. The summed E-state index contributed by atoms with van der Waals surface area (Å²) in [5.74, 6) is 2.06. The third-order valence-corrected chi connectivity index (χ3v) is 4.61. The van der Waals surface area contributed by atoms with E-state index in [4.69, 9.17) is 4.74 Å². The maximum Gasteiger partial charge on any atom is 0.252 e. The molecule has 7 heteroatoms. The third-order valence-electron chi connectivity index (χ3n) is 4.61. The van der Waals surface area contributed by atoms with Gasteiger partial charge < -0.3 is 9.72 Å². The average molecular weight is 325 g/mol. The molecule has 0 radical (unpaired) electrons. The summed E-state index contributed by atoms with van der Waals surface area (Å²) in [6, 6.07) is 7.62. The van der Waals surface area contributed by atoms with Gasteiger partial charge in [0.15, 0.2) is 0 Å². The molecule has 1 fully saturated rings. The Morgan fingerprint density at radius 1 is 1.38 bits per heavy atom. The van der Waals surface area contributed by atoms with Crippen molar-refractivity contribution in [3.05, 3.63) is 52.3 Å². The Morgan fingerprint density at radius 2 is 2.29 bits per heavy atom. The van der Waals surface area contributed by atoms with E-state index in [0.717, 1.165) is 47.6 Å². The first-order valence-electron chi connectivity index (χ1n) is 8.00. The summed E-state index contributed by atoms with van der Waals surface area (Å²) in [7, 11) is 1.64. The molecule has 0 spiro atoms. The Hall–Kier alpha value is -2.67. The number of fused-ring (bicyclic) bond motifs is 1. The molecule has 2 aromatic heterocycles. The second kappa shape index (κ2) is 6.09. The van der Waals surface area contributed by atoms with Crippen LogP contribution in [0.2, 0.25) is 0 Å². The summed E-state index contributed by atoms with van der Waals surface area (Å²) < 4.78 is 5.26. The van der Waals surface area contributed by atoms with Gasteiger partial charge in [-0.3, -0.25) is 14.8 Å². The van der Waals surface area contributed by atoms with Gasteiger partial charge in [-0.15, -0.1) is 0 Å². The molecule has 2 N–H and O–H groups in total. The van der Waals surface area contributed by atoms with Crippen molar-refractivity contribution in [3.8, 4) is 5.75 Å². The minimum absolute atomic E-state index is 0.0317. The first-order valence-corrected chi connectivity index (χ1v) is 8.00. The molecule has 0 aliphatic carbocycles. The molecule has 0 saturated carbocycles. The number of aromatic amines is 2. The Kier molecular flexibility index (Phi) is 3.78. The van der Waals surface area contributed by atoms with Gasteiger partial charge >= 0.3 is 0 Å². The lowest BCUT2D eigenvalue weighted by molar-refractivity contribution is 0.324. The lowest BCUT2D eigenvalue weighted by Crippen LogP contribution is -2.25. The van der Waals surface area contributed by atoms with Crippen LogP contribution in [0.25, 0.3) is 10.9 Å². The fraction of sp³-hybridized carbons (Fsp3) is 0.353. The van der Waals surface area contributed by atoms with E-state index >= 15 is 0 Å². The normalized spacial score (nSPS) is 18.3. The molecule has 1 saturated heterocycles. The summed E-state index contributed by atoms with van der Waals surface area (Å²) >= 11 is 0. The van der Waals surface area contributed by atoms with Crippen LogP contribution in [0.3, 0.4) is 0 Å². The Balaban J connectivity index is 1.56. The molecule has 124 valence electrons. The van der Waals surface area contributed by atoms with E-state index in [9.17, 15) is 4.79 Å². The van der Waals surface area contributed by atoms with Crippen molar-refractivity contribution in [3.63, 3.8) is 0 Å². The Morgan fingerprint density at radius 3 is 3.08 bits per heavy atom. The molecule has 1 aliphatic heterocycles. The van der Waals surface area contributed by atoms with Crippen molar-refractivity contribution < 1.29 is 4.74 Å². The third kappa shape index (κ3) is 2.78. The van der Waals surface area contributed by atoms with E-state index in [0.29, 0.717) is 12.5 Å². The number of likely N-dealkylation sites (tertiary alicyclic amines) is 1. The van der Waals surface area contributed by atoms with E-state index in [1.807, 2.05) is 24.3 Å². The molecule has 0 bridgehead atoms. The molecule has 24 heavy (non-hydrogen) atoms. The molecule has 3 heterocycles. The number of pyridine rings is 1. The largest absolute Gasteiger partial charge is 0.497 e. The number of hydrogen-bond acceptors (Lipinski definition) is 5. The zero-order chi connectivity index (χ0) is 16.5. The quantitative estimate of drug-likeness (QED) is 0.761. The minimum atomic E-state index is -0.0317. The molecule has 1 unspecified atom stereocenters. The second-order valence-electron chi connectivity index (χ2n) is 6.17. The highest BCUT2D eigenvalue weighted by Crippen LogP contribution is 2.25. The summed E-state index contributed by atoms with van der Waals surface area (Å²) in [4.78, 5) is 21.8. The fourth-order valence-corrected chi connectivity index (χ4v) is 3.33. The number of nitrogens with one attached hydrogen (secondary N) is 2. The van der Waals surface area contributed by atoms with Crippen molar-refractivity contribution in [2.75, 3.05) is 20.2 Å². The number of hydrogen-bond donors (Lipinski definition) is 2. The van der Waals surface area contributed by atoms with E-state index < -0.39 is 0 Å². The van der Waals surface area contributed by atoms with Crippen molar-refractivity contribution in [2.24, 2.45) is 0 Å². The van der Waals surface area contributed by atoms with Crippen molar-refractivity contribution in [1.29, 1.82) is 0 Å². The van der Waals surface area contributed by atoms with Gasteiger partial charge in [0, 0.05) is 35.5 Å². The van der Waals surface area contributed by atoms with Gasteiger partial charge in [0.1, 0.15) is 17.9 Å². The summed E-state index contributed by atoms with van der Waals surface area (Å²) in [6.45, 7) is 2.46. The lowest BCUT2D eigenvalue weighted by Gasteiger charge is -2.15. The molecular formula is C17H19N5O2. The van der Waals surface area contributed by atoms with Crippen LogP contribution in [0, 0.1) is 0 Å². The number of benzene rings is 1. The average Bonchev–Trinajstić information content (AvgIpc) is 3.26. The van der Waals surface area contributed by atoms with Gasteiger partial charge in [-0.05, 0) is 37.2 Å². The smallest absolute Gasteiger partial charge is 0.252 e. The molecule has 3 aromatic rings. The lowest BCUT2D eigenvalue weighted by atomic mass is 10.1. The van der Waals surface area contributed by atoms with E-state index in [1.54, 1.807) is 13.4 Å². The van der Waals surface area contributed by atoms with Gasteiger partial charge in [-0.25, -0.2) is 4.98 Å². The summed E-state index contributed by atoms with van der Waals surface area (Å²) in [5, 5.41) is 7.84. The van der Waals surface area contributed by atoms with Gasteiger partial charge in [0.2, 0.25) is 0 Å². The predicted molar refractivity (Wildman–Crippen MR) is 90.1 cm³/mol. The van der Waals surface area contributed by atoms with Crippen LogP contribution in [0.5, 0.6) is 5.75 Å². The first-order chi connectivity index (χ1) is 11.7. The number of nitrogens with zero attached hydrogens (tertiary/aromatic N) is 3. The molecule has 0 amide bonds. The van der Waals surface area contributed by atoms with Crippen LogP contribution in [0.15, 0.2) is 35.4 Å². The minimum Gasteiger partial charge on any atom is -0.497 e. The monoisotopic (exact) mass is 325 g/mol. The second-order valence-corrected chi connectivity index (χ2v) is 6.17. The molecular weight excluding hydrogens is 306 g/mol. The van der Waals surface area contributed by atoms with Gasteiger partial charge in [-0.1, -0.05) is 0 Å². The topological polar surface area (TPSA) is 86.9 Å². The van der Waals surface area contributed by atoms with Crippen LogP contribution in [0.1, 0.15) is 23.7 Å². The summed E-state index contributed by atoms with van der Waals surface area (Å²) in [6.07, 6.45) is 2.56. The number of ether oxygens (including phenoxy) is 1. The highest BCUT2D eigenvalue weighted by atomic mass is 16.5. The number of aromatic nitrogens is 4. The maximum atomic E-state index is 12.3. The van der Waals surface area contributed by atoms with Crippen molar-refractivity contribution in [2.45, 2.75) is 18.9 Å². The van der Waals surface area contributed by atoms with E-state index in [2.05, 4.69) is 25.1 Å². The van der Waals surface area contributed by atoms with Crippen molar-refractivity contribution in [1.82, 2.24) is 25.1 Å². The SMILES string of the molecule is COc1ccc2[nH]c(=O)c(CN3CCC(c4ncn[nH]4)C3)cc2c1. The fourth-order valence-electron chi connectivity index (χ4n) is 3.33. The zero-order valence-corrected chi connectivity index (χ0v) is 13.5. The predicted octanol–water partition coefficient (Wildman–Crippen LogP) is 1.64. The first kappa shape index (κ1) is 14.9. The van der Waals surface area contributed by atoms with E-state index in [-0.39, 0.29) is 5.56 Å². The standard InChI is InChI=1S/C17H19N5O2/c1-24-14-2-3-15-12(7-14)6-13(17(23)20-15)9-22-5-4-11(8-22)16-18-10-19-21-16/h2-3,6-7,10-11H,4-5,8-9H2,1H3,(H,20,23)(H,18,19,21).